The Hall–Kier alpha value is -1.82. The molecule has 0 aliphatic heterocycles. The third-order valence-electron chi connectivity index (χ3n) is 2.01. The van der Waals surface area contributed by atoms with E-state index in [1.165, 1.54) is 0 Å². The number of ether oxygens (including phenoxy) is 2. The normalized spacial score (nSPS) is 10.1. The first-order valence-corrected chi connectivity index (χ1v) is 5.35. The first-order valence-electron chi connectivity index (χ1n) is 4.94. The highest BCUT2D eigenvalue weighted by molar-refractivity contribution is 7.80. The van der Waals surface area contributed by atoms with Crippen LogP contribution >= 0.6 is 12.2 Å². The molecule has 0 aliphatic rings. The van der Waals surface area contributed by atoms with E-state index in [-0.39, 0.29) is 0 Å². The van der Waals surface area contributed by atoms with Crippen LogP contribution in [-0.4, -0.2) is 32.6 Å². The third-order valence-corrected chi connectivity index (χ3v) is 2.31. The number of thiocarbonyl (C=S) groups is 1. The molecule has 92 valence electrons. The highest BCUT2D eigenvalue weighted by Crippen LogP contribution is 2.26. The molecule has 0 saturated carbocycles. The minimum absolute atomic E-state index is 0.460. The van der Waals surface area contributed by atoms with Crippen LogP contribution < -0.4 is 20.2 Å². The Balaban J connectivity index is 2.75. The predicted octanol–water partition coefficient (Wildman–Crippen LogP) is 1.13. The minimum atomic E-state index is 0.460. The summed E-state index contributed by atoms with van der Waals surface area (Å²) in [4.78, 5) is 0. The third kappa shape index (κ3) is 3.92. The molecule has 0 amide bonds. The molecule has 1 aromatic carbocycles. The van der Waals surface area contributed by atoms with Crippen LogP contribution in [0.2, 0.25) is 0 Å². The molecule has 0 spiro atoms. The number of hydrogen-bond acceptors (Lipinski definition) is 4. The van der Waals surface area contributed by atoms with Gasteiger partial charge in [-0.15, -0.1) is 0 Å². The number of rotatable bonds is 4. The average Bonchev–Trinajstić information content (AvgIpc) is 2.38. The van der Waals surface area contributed by atoms with Crippen molar-refractivity contribution < 1.29 is 9.47 Å². The van der Waals surface area contributed by atoms with Crippen molar-refractivity contribution in [1.82, 2.24) is 10.7 Å². The predicted molar refractivity (Wildman–Crippen MR) is 71.9 cm³/mol. The molecule has 2 N–H and O–H groups in total. The van der Waals surface area contributed by atoms with Crippen molar-refractivity contribution in [1.29, 1.82) is 0 Å². The minimum Gasteiger partial charge on any atom is -0.493 e. The smallest absolute Gasteiger partial charge is 0.186 e. The lowest BCUT2D eigenvalue weighted by Crippen LogP contribution is -2.28. The van der Waals surface area contributed by atoms with Crippen molar-refractivity contribution in [2.45, 2.75) is 0 Å². The summed E-state index contributed by atoms with van der Waals surface area (Å²) in [5, 5.41) is 7.18. The highest BCUT2D eigenvalue weighted by atomic mass is 32.1. The summed E-state index contributed by atoms with van der Waals surface area (Å²) in [7, 11) is 4.91. The van der Waals surface area contributed by atoms with Crippen LogP contribution in [0.5, 0.6) is 11.5 Å². The molecule has 6 heteroatoms. The second kappa shape index (κ2) is 6.70. The Bertz CT molecular complexity index is 421. The van der Waals surface area contributed by atoms with Crippen LogP contribution in [-0.2, 0) is 0 Å². The van der Waals surface area contributed by atoms with Crippen molar-refractivity contribution in [3.05, 3.63) is 23.8 Å². The van der Waals surface area contributed by atoms with E-state index >= 15 is 0 Å². The van der Waals surface area contributed by atoms with Crippen molar-refractivity contribution >= 4 is 23.5 Å². The summed E-state index contributed by atoms with van der Waals surface area (Å²) in [6.07, 6.45) is 1.64. The summed E-state index contributed by atoms with van der Waals surface area (Å²) in [6, 6.07) is 5.51. The topological polar surface area (TPSA) is 54.9 Å². The number of nitrogens with zero attached hydrogens (tertiary/aromatic N) is 1. The van der Waals surface area contributed by atoms with Gasteiger partial charge in [0.05, 0.1) is 20.4 Å². The van der Waals surface area contributed by atoms with Crippen LogP contribution in [0.3, 0.4) is 0 Å². The fraction of sp³-hybridized carbons (Fsp3) is 0.273. The van der Waals surface area contributed by atoms with Crippen LogP contribution in [0.15, 0.2) is 23.3 Å². The Labute approximate surface area is 106 Å². The van der Waals surface area contributed by atoms with Gasteiger partial charge in [0, 0.05) is 7.05 Å². The first-order chi connectivity index (χ1) is 8.21. The van der Waals surface area contributed by atoms with Gasteiger partial charge in [0.1, 0.15) is 0 Å². The van der Waals surface area contributed by atoms with Gasteiger partial charge in [-0.3, -0.25) is 5.43 Å². The Morgan fingerprint density at radius 1 is 1.29 bits per heavy atom. The SMILES string of the molecule is CNC(=S)N/N=C/c1ccc(OC)c(OC)c1. The van der Waals surface area contributed by atoms with Crippen LogP contribution in [0.4, 0.5) is 0 Å². The van der Waals surface area contributed by atoms with Crippen molar-refractivity contribution in [3.8, 4) is 11.5 Å². The van der Waals surface area contributed by atoms with E-state index < -0.39 is 0 Å². The fourth-order valence-electron chi connectivity index (χ4n) is 1.15. The average molecular weight is 253 g/mol. The summed E-state index contributed by atoms with van der Waals surface area (Å²) < 4.78 is 10.3. The van der Waals surface area contributed by atoms with E-state index in [0.717, 1.165) is 5.56 Å². The lowest BCUT2D eigenvalue weighted by Gasteiger charge is -2.07. The van der Waals surface area contributed by atoms with Crippen molar-refractivity contribution in [3.63, 3.8) is 0 Å². The maximum atomic E-state index is 5.18. The second-order valence-electron chi connectivity index (χ2n) is 3.06. The molecule has 0 radical (unpaired) electrons. The zero-order valence-electron chi connectivity index (χ0n) is 9.98. The maximum Gasteiger partial charge on any atom is 0.186 e. The summed E-state index contributed by atoms with van der Waals surface area (Å²) in [6.45, 7) is 0. The van der Waals surface area contributed by atoms with Crippen molar-refractivity contribution in [2.24, 2.45) is 5.10 Å². The standard InChI is InChI=1S/C11H15N3O2S/c1-12-11(17)14-13-7-8-4-5-9(15-2)10(6-8)16-3/h4-7H,1-3H3,(H2,12,14,17)/b13-7+. The molecule has 0 saturated heterocycles. The van der Waals surface area contributed by atoms with Gasteiger partial charge in [-0.05, 0) is 36.0 Å². The van der Waals surface area contributed by atoms with Crippen molar-refractivity contribution in [2.75, 3.05) is 21.3 Å². The number of nitrogens with one attached hydrogen (secondary N) is 2. The largest absolute Gasteiger partial charge is 0.493 e. The molecule has 5 nitrogen and oxygen atoms in total. The van der Waals surface area contributed by atoms with Gasteiger partial charge >= 0.3 is 0 Å². The van der Waals surface area contributed by atoms with Gasteiger partial charge in [0.15, 0.2) is 16.6 Å². The molecule has 0 fully saturated rings. The van der Waals surface area contributed by atoms with Gasteiger partial charge in [0.25, 0.3) is 0 Å². The molecule has 1 rings (SSSR count). The summed E-state index contributed by atoms with van der Waals surface area (Å²) in [5.41, 5.74) is 3.55. The Morgan fingerprint density at radius 2 is 2.00 bits per heavy atom. The number of hydrogen-bond donors (Lipinski definition) is 2. The first kappa shape index (κ1) is 13.2. The monoisotopic (exact) mass is 253 g/mol. The summed E-state index contributed by atoms with van der Waals surface area (Å²) in [5.74, 6) is 1.34. The second-order valence-corrected chi connectivity index (χ2v) is 3.47. The van der Waals surface area contributed by atoms with Gasteiger partial charge in [0.2, 0.25) is 0 Å². The van der Waals surface area contributed by atoms with Gasteiger partial charge in [-0.25, -0.2) is 0 Å². The summed E-state index contributed by atoms with van der Waals surface area (Å²) >= 11 is 4.88. The number of hydrazone groups is 1. The number of methoxy groups -OCH3 is 2. The lowest BCUT2D eigenvalue weighted by atomic mass is 10.2. The zero-order chi connectivity index (χ0) is 12.7. The molecule has 0 atom stereocenters. The zero-order valence-corrected chi connectivity index (χ0v) is 10.8. The van der Waals surface area contributed by atoms with E-state index in [2.05, 4.69) is 15.8 Å². The molecule has 0 aliphatic carbocycles. The highest BCUT2D eigenvalue weighted by Gasteiger charge is 2.02. The molecular formula is C11H15N3O2S. The quantitative estimate of drug-likeness (QED) is 0.478. The van der Waals surface area contributed by atoms with E-state index in [1.54, 1.807) is 27.5 Å². The molecule has 0 bridgehead atoms. The Morgan fingerprint density at radius 3 is 2.59 bits per heavy atom. The molecule has 17 heavy (non-hydrogen) atoms. The molecule has 0 aromatic heterocycles. The van der Waals surface area contributed by atoms with Crippen LogP contribution in [0, 0.1) is 0 Å². The van der Waals surface area contributed by atoms with Gasteiger partial charge in [-0.1, -0.05) is 0 Å². The molecular weight excluding hydrogens is 238 g/mol. The van der Waals surface area contributed by atoms with Gasteiger partial charge in [-0.2, -0.15) is 5.10 Å². The van der Waals surface area contributed by atoms with E-state index in [9.17, 15) is 0 Å². The van der Waals surface area contributed by atoms with E-state index in [0.29, 0.717) is 16.6 Å². The molecule has 1 aromatic rings. The van der Waals surface area contributed by atoms with Crippen LogP contribution in [0.1, 0.15) is 5.56 Å². The fourth-order valence-corrected chi connectivity index (χ4v) is 1.21. The number of benzene rings is 1. The molecule has 0 heterocycles. The van der Waals surface area contributed by atoms with E-state index in [4.69, 9.17) is 21.7 Å². The lowest BCUT2D eigenvalue weighted by molar-refractivity contribution is 0.355. The van der Waals surface area contributed by atoms with E-state index in [1.807, 2.05) is 18.2 Å². The van der Waals surface area contributed by atoms with Gasteiger partial charge < -0.3 is 14.8 Å². The molecule has 0 unspecified atom stereocenters. The maximum absolute atomic E-state index is 5.18. The Kier molecular flexibility index (Phi) is 5.22. The van der Waals surface area contributed by atoms with Crippen LogP contribution in [0.25, 0.3) is 0 Å².